The van der Waals surface area contributed by atoms with Gasteiger partial charge in [0.15, 0.2) is 0 Å². The first kappa shape index (κ1) is 18.1. The van der Waals surface area contributed by atoms with Crippen molar-refractivity contribution in [1.82, 2.24) is 9.97 Å². The largest absolute Gasteiger partial charge is 0.343 e. The van der Waals surface area contributed by atoms with Crippen LogP contribution in [0.15, 0.2) is 24.3 Å². The van der Waals surface area contributed by atoms with Crippen molar-refractivity contribution in [3.63, 3.8) is 0 Å². The van der Waals surface area contributed by atoms with E-state index in [4.69, 9.17) is 12.2 Å². The molecule has 1 N–H and O–H groups in total. The number of hydrogen-bond donors (Lipinski definition) is 1. The lowest BCUT2D eigenvalue weighted by molar-refractivity contribution is 0.554. The summed E-state index contributed by atoms with van der Waals surface area (Å²) in [6.45, 7) is 2.27. The molecule has 0 aliphatic carbocycles. The fourth-order valence-corrected chi connectivity index (χ4v) is 3.33. The number of para-hydroxylation sites is 1. The van der Waals surface area contributed by atoms with Crippen LogP contribution in [-0.4, -0.2) is 9.97 Å². The number of aryl methyl sites for hydroxylation is 1. The summed E-state index contributed by atoms with van der Waals surface area (Å²) in [5.74, 6) is 1.04. The maximum atomic E-state index is 5.39. The minimum absolute atomic E-state index is 0.724. The molecule has 1 heterocycles. The molecule has 0 fully saturated rings. The SMILES string of the molecule is CCCCCCCCCCCCc1nc(=S)c2ccccc2[nH]1. The summed E-state index contributed by atoms with van der Waals surface area (Å²) in [7, 11) is 0. The summed E-state index contributed by atoms with van der Waals surface area (Å²) in [6.07, 6.45) is 14.6. The van der Waals surface area contributed by atoms with Gasteiger partial charge in [0.1, 0.15) is 10.5 Å². The fraction of sp³-hybridized carbons (Fsp3) is 0.600. The lowest BCUT2D eigenvalue weighted by Gasteiger charge is -2.05. The van der Waals surface area contributed by atoms with E-state index in [9.17, 15) is 0 Å². The molecule has 0 atom stereocenters. The van der Waals surface area contributed by atoms with E-state index in [2.05, 4.69) is 23.0 Å². The van der Waals surface area contributed by atoms with Crippen LogP contribution in [-0.2, 0) is 6.42 Å². The average Bonchev–Trinajstić information content (AvgIpc) is 2.57. The summed E-state index contributed by atoms with van der Waals surface area (Å²) in [5.41, 5.74) is 1.11. The maximum absolute atomic E-state index is 5.39. The van der Waals surface area contributed by atoms with E-state index in [0.29, 0.717) is 0 Å². The molecule has 0 radical (unpaired) electrons. The smallest absolute Gasteiger partial charge is 0.137 e. The highest BCUT2D eigenvalue weighted by Crippen LogP contribution is 2.14. The molecule has 2 aromatic rings. The van der Waals surface area contributed by atoms with Gasteiger partial charge in [0.2, 0.25) is 0 Å². The normalized spacial score (nSPS) is 11.2. The highest BCUT2D eigenvalue weighted by atomic mass is 32.1. The van der Waals surface area contributed by atoms with Gasteiger partial charge in [-0.25, -0.2) is 4.98 Å². The Hall–Kier alpha value is -1.22. The van der Waals surface area contributed by atoms with E-state index in [-0.39, 0.29) is 0 Å². The monoisotopic (exact) mass is 330 g/mol. The van der Waals surface area contributed by atoms with Gasteiger partial charge in [0, 0.05) is 17.3 Å². The number of aromatic nitrogens is 2. The van der Waals surface area contributed by atoms with Crippen LogP contribution in [0, 0.1) is 4.64 Å². The summed E-state index contributed by atoms with van der Waals surface area (Å²) in [4.78, 5) is 7.96. The molecule has 2 nitrogen and oxygen atoms in total. The maximum Gasteiger partial charge on any atom is 0.137 e. The molecule has 0 amide bonds. The summed E-state index contributed by atoms with van der Waals surface area (Å²) in [6, 6.07) is 8.16. The van der Waals surface area contributed by atoms with E-state index in [1.807, 2.05) is 18.2 Å². The zero-order valence-electron chi connectivity index (χ0n) is 14.4. The molecule has 1 aromatic heterocycles. The predicted octanol–water partition coefficient (Wildman–Crippen LogP) is 6.76. The molecule has 0 spiro atoms. The minimum Gasteiger partial charge on any atom is -0.343 e. The third-order valence-corrected chi connectivity index (χ3v) is 4.75. The third kappa shape index (κ3) is 6.42. The number of fused-ring (bicyclic) bond motifs is 1. The van der Waals surface area contributed by atoms with Gasteiger partial charge in [-0.2, -0.15) is 0 Å². The quantitative estimate of drug-likeness (QED) is 0.364. The van der Waals surface area contributed by atoms with Crippen LogP contribution >= 0.6 is 12.2 Å². The third-order valence-electron chi connectivity index (χ3n) is 4.44. The second-order valence-corrected chi connectivity index (χ2v) is 6.85. The Kier molecular flexibility index (Phi) is 8.30. The number of unbranched alkanes of at least 4 members (excludes halogenated alkanes) is 9. The lowest BCUT2D eigenvalue weighted by atomic mass is 10.1. The molecule has 0 bridgehead atoms. The van der Waals surface area contributed by atoms with Crippen LogP contribution in [0.1, 0.15) is 77.0 Å². The molecular weight excluding hydrogens is 300 g/mol. The van der Waals surface area contributed by atoms with Crippen molar-refractivity contribution < 1.29 is 0 Å². The molecule has 0 aliphatic heterocycles. The Morgan fingerprint density at radius 2 is 1.48 bits per heavy atom. The van der Waals surface area contributed by atoms with E-state index in [1.54, 1.807) is 0 Å². The zero-order valence-corrected chi connectivity index (χ0v) is 15.3. The molecule has 0 unspecified atom stereocenters. The molecular formula is C20H30N2S. The first-order valence-corrected chi connectivity index (χ1v) is 9.70. The van der Waals surface area contributed by atoms with Gasteiger partial charge < -0.3 is 4.98 Å². The van der Waals surface area contributed by atoms with Crippen LogP contribution in [0.5, 0.6) is 0 Å². The van der Waals surface area contributed by atoms with Crippen molar-refractivity contribution in [3.8, 4) is 0 Å². The van der Waals surface area contributed by atoms with E-state index in [0.717, 1.165) is 27.8 Å². The zero-order chi connectivity index (χ0) is 16.3. The number of rotatable bonds is 11. The van der Waals surface area contributed by atoms with Gasteiger partial charge in [-0.1, -0.05) is 89.1 Å². The van der Waals surface area contributed by atoms with Crippen LogP contribution in [0.4, 0.5) is 0 Å². The summed E-state index contributed by atoms with van der Waals surface area (Å²) in [5, 5.41) is 1.05. The van der Waals surface area contributed by atoms with Crippen LogP contribution < -0.4 is 0 Å². The summed E-state index contributed by atoms with van der Waals surface area (Å²) < 4.78 is 0.724. The molecule has 3 heteroatoms. The van der Waals surface area contributed by atoms with Crippen molar-refractivity contribution in [2.75, 3.05) is 0 Å². The molecule has 2 rings (SSSR count). The predicted molar refractivity (Wildman–Crippen MR) is 102 cm³/mol. The van der Waals surface area contributed by atoms with E-state index in [1.165, 1.54) is 64.2 Å². The number of H-pyrrole nitrogens is 1. The first-order chi connectivity index (χ1) is 11.3. The Morgan fingerprint density at radius 3 is 2.17 bits per heavy atom. The van der Waals surface area contributed by atoms with E-state index < -0.39 is 0 Å². The van der Waals surface area contributed by atoms with Crippen molar-refractivity contribution in [1.29, 1.82) is 0 Å². The molecule has 0 aliphatic rings. The van der Waals surface area contributed by atoms with Crippen LogP contribution in [0.2, 0.25) is 0 Å². The van der Waals surface area contributed by atoms with Gasteiger partial charge in [0.25, 0.3) is 0 Å². The molecule has 126 valence electrons. The van der Waals surface area contributed by atoms with Crippen LogP contribution in [0.3, 0.4) is 0 Å². The number of hydrogen-bond acceptors (Lipinski definition) is 2. The second kappa shape index (κ2) is 10.5. The fourth-order valence-electron chi connectivity index (χ4n) is 3.04. The average molecular weight is 331 g/mol. The molecule has 1 aromatic carbocycles. The van der Waals surface area contributed by atoms with Gasteiger partial charge >= 0.3 is 0 Å². The first-order valence-electron chi connectivity index (χ1n) is 9.29. The highest BCUT2D eigenvalue weighted by molar-refractivity contribution is 7.71. The van der Waals surface area contributed by atoms with Crippen molar-refractivity contribution in [3.05, 3.63) is 34.7 Å². The molecule has 0 saturated heterocycles. The topological polar surface area (TPSA) is 28.7 Å². The van der Waals surface area contributed by atoms with Crippen molar-refractivity contribution in [2.45, 2.75) is 77.6 Å². The van der Waals surface area contributed by atoms with Crippen molar-refractivity contribution in [2.24, 2.45) is 0 Å². The van der Waals surface area contributed by atoms with E-state index >= 15 is 0 Å². The Balaban J connectivity index is 1.62. The number of benzene rings is 1. The van der Waals surface area contributed by atoms with Crippen LogP contribution in [0.25, 0.3) is 10.9 Å². The van der Waals surface area contributed by atoms with Gasteiger partial charge in [-0.3, -0.25) is 0 Å². The number of nitrogens with one attached hydrogen (secondary N) is 1. The molecule has 23 heavy (non-hydrogen) atoms. The Labute approximate surface area is 145 Å². The Morgan fingerprint density at radius 1 is 0.870 bits per heavy atom. The second-order valence-electron chi connectivity index (χ2n) is 6.47. The standard InChI is InChI=1S/C20H30N2S/c1-2-3-4-5-6-7-8-9-10-11-16-19-21-18-15-13-12-14-17(18)20(23)22-19/h12-15H,2-11,16H2,1H3,(H,21,22,23). The van der Waals surface area contributed by atoms with Crippen molar-refractivity contribution >= 4 is 23.1 Å². The minimum atomic E-state index is 0.724. The summed E-state index contributed by atoms with van der Waals surface area (Å²) >= 11 is 5.39. The Bertz CT molecular complexity index is 633. The van der Waals surface area contributed by atoms with Gasteiger partial charge in [0.05, 0.1) is 0 Å². The van der Waals surface area contributed by atoms with Gasteiger partial charge in [-0.05, 0) is 18.6 Å². The lowest BCUT2D eigenvalue weighted by Crippen LogP contribution is -1.96. The number of aromatic amines is 1. The van der Waals surface area contributed by atoms with Gasteiger partial charge in [-0.15, -0.1) is 0 Å². The molecule has 0 saturated carbocycles. The highest BCUT2D eigenvalue weighted by Gasteiger charge is 2.01. The number of nitrogens with zero attached hydrogens (tertiary/aromatic N) is 1.